The van der Waals surface area contributed by atoms with Gasteiger partial charge < -0.3 is 15.6 Å². The van der Waals surface area contributed by atoms with E-state index < -0.39 is 11.7 Å². The summed E-state index contributed by atoms with van der Waals surface area (Å²) < 4.78 is 7.09. The molecule has 2 rings (SSSR count). The molecular weight excluding hydrogens is 292 g/mol. The summed E-state index contributed by atoms with van der Waals surface area (Å²) in [5.74, 6) is 0. The number of aliphatic hydroxyl groups is 1. The Hall–Kier alpha value is -2.11. The van der Waals surface area contributed by atoms with Gasteiger partial charge in [-0.15, -0.1) is 0 Å². The summed E-state index contributed by atoms with van der Waals surface area (Å²) in [7, 11) is 0. The molecular formula is C18H24N2O3. The first-order chi connectivity index (χ1) is 10.9. The number of hydrogen-bond donors (Lipinski definition) is 2. The van der Waals surface area contributed by atoms with Crippen molar-refractivity contribution in [3.63, 3.8) is 0 Å². The molecule has 2 aromatic rings. The third-order valence-corrected chi connectivity index (χ3v) is 3.37. The summed E-state index contributed by atoms with van der Waals surface area (Å²) in [6.07, 6.45) is 3.56. The van der Waals surface area contributed by atoms with Gasteiger partial charge in [-0.3, -0.25) is 0 Å². The molecule has 3 N–H and O–H groups in total. The van der Waals surface area contributed by atoms with Gasteiger partial charge in [-0.1, -0.05) is 24.3 Å². The van der Waals surface area contributed by atoms with Crippen LogP contribution in [0.25, 0.3) is 17.0 Å². The summed E-state index contributed by atoms with van der Waals surface area (Å²) >= 11 is 0. The number of para-hydroxylation sites is 1. The minimum atomic E-state index is -0.589. The maximum Gasteiger partial charge on any atom is 0.419 e. The zero-order valence-electron chi connectivity index (χ0n) is 13.9. The molecule has 0 aliphatic heterocycles. The van der Waals surface area contributed by atoms with E-state index in [1.54, 1.807) is 16.7 Å². The molecule has 23 heavy (non-hydrogen) atoms. The first-order valence-corrected chi connectivity index (χ1v) is 7.72. The molecule has 0 aliphatic rings. The SMILES string of the molecule is CC(C)(C)OC(=O)n1c(/C=C/CO)c(CCN)c2ccccc21. The summed E-state index contributed by atoms with van der Waals surface area (Å²) in [4.78, 5) is 12.7. The molecule has 0 bridgehead atoms. The van der Waals surface area contributed by atoms with Gasteiger partial charge in [0.25, 0.3) is 0 Å². The molecule has 0 atom stereocenters. The van der Waals surface area contributed by atoms with Crippen molar-refractivity contribution in [3.8, 4) is 0 Å². The Morgan fingerprint density at radius 2 is 2.04 bits per heavy atom. The highest BCUT2D eigenvalue weighted by molar-refractivity contribution is 5.96. The van der Waals surface area contributed by atoms with Crippen LogP contribution < -0.4 is 5.73 Å². The third-order valence-electron chi connectivity index (χ3n) is 3.37. The van der Waals surface area contributed by atoms with Crippen molar-refractivity contribution < 1.29 is 14.6 Å². The molecule has 0 aliphatic carbocycles. The fraction of sp³-hybridized carbons (Fsp3) is 0.389. The van der Waals surface area contributed by atoms with Gasteiger partial charge in [0, 0.05) is 5.39 Å². The summed E-state index contributed by atoms with van der Waals surface area (Å²) in [6.45, 7) is 5.88. The van der Waals surface area contributed by atoms with Gasteiger partial charge in [0.15, 0.2) is 0 Å². The maximum absolute atomic E-state index is 12.7. The third kappa shape index (κ3) is 3.81. The highest BCUT2D eigenvalue weighted by Gasteiger charge is 2.24. The summed E-state index contributed by atoms with van der Waals surface area (Å²) in [5, 5.41) is 10.1. The molecule has 0 saturated heterocycles. The second-order valence-corrected chi connectivity index (χ2v) is 6.32. The lowest BCUT2D eigenvalue weighted by Crippen LogP contribution is -2.27. The maximum atomic E-state index is 12.7. The lowest BCUT2D eigenvalue weighted by atomic mass is 10.1. The number of carbonyl (C=O) groups excluding carboxylic acids is 1. The van der Waals surface area contributed by atoms with Crippen molar-refractivity contribution >= 4 is 23.1 Å². The molecule has 0 fully saturated rings. The van der Waals surface area contributed by atoms with Crippen LogP contribution in [0.1, 0.15) is 32.0 Å². The van der Waals surface area contributed by atoms with Crippen LogP contribution in [0.4, 0.5) is 4.79 Å². The van der Waals surface area contributed by atoms with E-state index in [0.717, 1.165) is 16.5 Å². The van der Waals surface area contributed by atoms with Gasteiger partial charge in [0.05, 0.1) is 17.8 Å². The Labute approximate surface area is 136 Å². The van der Waals surface area contributed by atoms with Gasteiger partial charge in [0.2, 0.25) is 0 Å². The molecule has 0 spiro atoms. The largest absolute Gasteiger partial charge is 0.443 e. The molecule has 1 aromatic heterocycles. The molecule has 5 heteroatoms. The van der Waals surface area contributed by atoms with E-state index in [9.17, 15) is 4.79 Å². The minimum Gasteiger partial charge on any atom is -0.443 e. The smallest absolute Gasteiger partial charge is 0.419 e. The number of rotatable bonds is 4. The van der Waals surface area contributed by atoms with E-state index in [1.165, 1.54) is 0 Å². The molecule has 124 valence electrons. The van der Waals surface area contributed by atoms with Crippen molar-refractivity contribution in [2.45, 2.75) is 32.8 Å². The van der Waals surface area contributed by atoms with E-state index in [-0.39, 0.29) is 6.61 Å². The fourth-order valence-corrected chi connectivity index (χ4v) is 2.58. The van der Waals surface area contributed by atoms with Crippen LogP contribution in [-0.4, -0.2) is 34.5 Å². The monoisotopic (exact) mass is 316 g/mol. The highest BCUT2D eigenvalue weighted by Crippen LogP contribution is 2.28. The normalized spacial score (nSPS) is 12.2. The quantitative estimate of drug-likeness (QED) is 0.909. The second kappa shape index (κ2) is 6.98. The van der Waals surface area contributed by atoms with Gasteiger partial charge in [-0.2, -0.15) is 0 Å². The minimum absolute atomic E-state index is 0.0993. The summed E-state index contributed by atoms with van der Waals surface area (Å²) in [5.41, 5.74) is 7.62. The van der Waals surface area contributed by atoms with Crippen molar-refractivity contribution in [1.82, 2.24) is 4.57 Å². The van der Waals surface area contributed by atoms with Crippen LogP contribution in [0.5, 0.6) is 0 Å². The lowest BCUT2D eigenvalue weighted by molar-refractivity contribution is 0.0543. The number of aliphatic hydroxyl groups excluding tert-OH is 1. The van der Waals surface area contributed by atoms with E-state index in [0.29, 0.717) is 18.7 Å². The van der Waals surface area contributed by atoms with Crippen LogP contribution >= 0.6 is 0 Å². The van der Waals surface area contributed by atoms with E-state index in [4.69, 9.17) is 15.6 Å². The number of carbonyl (C=O) groups is 1. The highest BCUT2D eigenvalue weighted by atomic mass is 16.6. The van der Waals surface area contributed by atoms with Crippen LogP contribution in [0.15, 0.2) is 30.3 Å². The second-order valence-electron chi connectivity index (χ2n) is 6.32. The van der Waals surface area contributed by atoms with Crippen molar-refractivity contribution in [1.29, 1.82) is 0 Å². The fourth-order valence-electron chi connectivity index (χ4n) is 2.58. The predicted molar refractivity (Wildman–Crippen MR) is 92.4 cm³/mol. The Morgan fingerprint density at radius 3 is 2.65 bits per heavy atom. The Balaban J connectivity index is 2.69. The summed E-state index contributed by atoms with van der Waals surface area (Å²) in [6, 6.07) is 7.67. The first-order valence-electron chi connectivity index (χ1n) is 7.72. The Kier molecular flexibility index (Phi) is 5.23. The van der Waals surface area contributed by atoms with Crippen LogP contribution in [0.2, 0.25) is 0 Å². The average molecular weight is 316 g/mol. The molecule has 0 amide bonds. The Bertz CT molecular complexity index is 724. The van der Waals surface area contributed by atoms with Gasteiger partial charge in [-0.25, -0.2) is 9.36 Å². The van der Waals surface area contributed by atoms with Crippen molar-refractivity contribution in [2.75, 3.05) is 13.2 Å². The van der Waals surface area contributed by atoms with E-state index in [1.807, 2.05) is 45.0 Å². The molecule has 1 heterocycles. The van der Waals surface area contributed by atoms with Gasteiger partial charge >= 0.3 is 6.09 Å². The zero-order valence-corrected chi connectivity index (χ0v) is 13.9. The molecule has 0 saturated carbocycles. The number of ether oxygens (including phenoxy) is 1. The molecule has 1 aromatic carbocycles. The van der Waals surface area contributed by atoms with Crippen molar-refractivity contribution in [2.24, 2.45) is 5.73 Å². The number of hydrogen-bond acceptors (Lipinski definition) is 4. The van der Waals surface area contributed by atoms with Crippen LogP contribution in [0, 0.1) is 0 Å². The van der Waals surface area contributed by atoms with Crippen LogP contribution in [0.3, 0.4) is 0 Å². The van der Waals surface area contributed by atoms with Gasteiger partial charge in [-0.05, 0) is 51.4 Å². The molecule has 0 radical (unpaired) electrons. The molecule has 5 nitrogen and oxygen atoms in total. The lowest BCUT2D eigenvalue weighted by Gasteiger charge is -2.20. The zero-order chi connectivity index (χ0) is 17.0. The van der Waals surface area contributed by atoms with Crippen molar-refractivity contribution in [3.05, 3.63) is 41.6 Å². The van der Waals surface area contributed by atoms with E-state index in [2.05, 4.69) is 0 Å². The number of nitrogens with two attached hydrogens (primary N) is 1. The molecule has 0 unspecified atom stereocenters. The average Bonchev–Trinajstić information content (AvgIpc) is 2.78. The van der Waals surface area contributed by atoms with E-state index >= 15 is 0 Å². The number of fused-ring (bicyclic) bond motifs is 1. The van der Waals surface area contributed by atoms with Gasteiger partial charge in [0.1, 0.15) is 5.60 Å². The topological polar surface area (TPSA) is 77.5 Å². The number of benzene rings is 1. The Morgan fingerprint density at radius 1 is 1.35 bits per heavy atom. The number of aromatic nitrogens is 1. The standard InChI is InChI=1S/C18H24N2O3/c1-18(2,3)23-17(22)20-15-8-5-4-7-13(15)14(10-11-19)16(20)9-6-12-21/h4-9,21H,10-12,19H2,1-3H3/b9-6+. The number of nitrogens with zero attached hydrogens (tertiary/aromatic N) is 1. The van der Waals surface area contributed by atoms with Crippen LogP contribution in [-0.2, 0) is 11.2 Å². The predicted octanol–water partition coefficient (Wildman–Crippen LogP) is 2.93. The first kappa shape index (κ1) is 17.2.